The molecule has 0 saturated heterocycles. The fraction of sp³-hybridized carbons (Fsp3) is 0.529. The molecule has 2 heterocycles. The predicted molar refractivity (Wildman–Crippen MR) is 90.9 cm³/mol. The number of imidazole rings is 1. The summed E-state index contributed by atoms with van der Waals surface area (Å²) in [6, 6.07) is -2.08. The van der Waals surface area contributed by atoms with Crippen molar-refractivity contribution < 1.29 is 24.7 Å². The number of ketones is 1. The Hall–Kier alpha value is -2.68. The van der Waals surface area contributed by atoms with E-state index in [9.17, 15) is 19.5 Å². The van der Waals surface area contributed by atoms with Gasteiger partial charge in [-0.1, -0.05) is 33.6 Å². The number of H-pyrrole nitrogens is 1. The van der Waals surface area contributed by atoms with Crippen molar-refractivity contribution in [3.05, 3.63) is 29.6 Å². The summed E-state index contributed by atoms with van der Waals surface area (Å²) in [5.74, 6) is -2.90. The first-order valence-electron chi connectivity index (χ1n) is 8.58. The van der Waals surface area contributed by atoms with Crippen LogP contribution in [0.3, 0.4) is 0 Å². The third-order valence-electron chi connectivity index (χ3n) is 4.39. The molecular weight excluding hydrogens is 340 g/mol. The molecule has 0 aromatic carbocycles. The molecule has 2 amide bonds. The number of amides is 2. The van der Waals surface area contributed by atoms with Gasteiger partial charge in [-0.3, -0.25) is 19.6 Å². The van der Waals surface area contributed by atoms with E-state index in [1.54, 1.807) is 19.3 Å². The van der Waals surface area contributed by atoms with Crippen LogP contribution in [0.25, 0.3) is 0 Å². The van der Waals surface area contributed by atoms with Crippen LogP contribution in [0.15, 0.2) is 23.7 Å². The Labute approximate surface area is 151 Å². The minimum atomic E-state index is -1.05. The van der Waals surface area contributed by atoms with E-state index < -0.39 is 41.4 Å². The molecule has 142 valence electrons. The number of hydroxylamine groups is 1. The number of aliphatic hydroxyl groups is 1. The molecule has 2 unspecified atom stereocenters. The van der Waals surface area contributed by atoms with E-state index in [-0.39, 0.29) is 17.8 Å². The number of rotatable bonds is 8. The molecule has 26 heavy (non-hydrogen) atoms. The maximum Gasteiger partial charge on any atom is 0.290 e. The molecular formula is C17H24N4O5. The first-order valence-corrected chi connectivity index (χ1v) is 8.58. The standard InChI is InChI=1S/C17H24N4O5/c1-4-5-6-10(16(24)20-26)21-12(15-18-7-8-19-15)11(13(22)9(2)3)14(23)17(21)25/h7-10,12,23,26H,4-6H2,1-3H3,(H,18,19)(H,20,24). The van der Waals surface area contributed by atoms with Gasteiger partial charge in [0.2, 0.25) is 0 Å². The van der Waals surface area contributed by atoms with Gasteiger partial charge in [0.1, 0.15) is 17.9 Å². The Morgan fingerprint density at radius 3 is 2.62 bits per heavy atom. The van der Waals surface area contributed by atoms with E-state index in [1.807, 2.05) is 6.92 Å². The van der Waals surface area contributed by atoms with Crippen LogP contribution in [0.4, 0.5) is 0 Å². The summed E-state index contributed by atoms with van der Waals surface area (Å²) in [5.41, 5.74) is 1.48. The van der Waals surface area contributed by atoms with Gasteiger partial charge in [-0.15, -0.1) is 0 Å². The molecule has 0 spiro atoms. The van der Waals surface area contributed by atoms with Gasteiger partial charge in [0.25, 0.3) is 11.8 Å². The quantitative estimate of drug-likeness (QED) is 0.407. The molecule has 0 fully saturated rings. The maximum absolute atomic E-state index is 12.7. The van der Waals surface area contributed by atoms with Crippen LogP contribution in [0, 0.1) is 5.92 Å². The Kier molecular flexibility index (Phi) is 6.14. The van der Waals surface area contributed by atoms with Crippen molar-refractivity contribution in [2.75, 3.05) is 0 Å². The van der Waals surface area contributed by atoms with E-state index in [0.29, 0.717) is 6.42 Å². The summed E-state index contributed by atoms with van der Waals surface area (Å²) in [4.78, 5) is 45.7. The number of aromatic amines is 1. The first kappa shape index (κ1) is 19.6. The van der Waals surface area contributed by atoms with Gasteiger partial charge in [0.15, 0.2) is 11.5 Å². The van der Waals surface area contributed by atoms with Gasteiger partial charge in [0, 0.05) is 18.3 Å². The van der Waals surface area contributed by atoms with Crippen molar-refractivity contribution in [1.82, 2.24) is 20.3 Å². The Morgan fingerprint density at radius 2 is 2.12 bits per heavy atom. The lowest BCUT2D eigenvalue weighted by atomic mass is 9.94. The highest BCUT2D eigenvalue weighted by molar-refractivity contribution is 6.10. The van der Waals surface area contributed by atoms with Crippen molar-refractivity contribution >= 4 is 17.6 Å². The molecule has 0 saturated carbocycles. The fourth-order valence-electron chi connectivity index (χ4n) is 3.07. The number of Topliss-reactive ketones (excluding diaryl/α,β-unsaturated/α-hetero) is 1. The molecule has 0 aliphatic carbocycles. The number of nitrogens with one attached hydrogen (secondary N) is 2. The summed E-state index contributed by atoms with van der Waals surface area (Å²) >= 11 is 0. The van der Waals surface area contributed by atoms with Gasteiger partial charge in [-0.25, -0.2) is 10.5 Å². The summed E-state index contributed by atoms with van der Waals surface area (Å²) in [6.07, 6.45) is 4.62. The Morgan fingerprint density at radius 1 is 1.42 bits per heavy atom. The van der Waals surface area contributed by atoms with Crippen molar-refractivity contribution in [2.24, 2.45) is 5.92 Å². The van der Waals surface area contributed by atoms with Crippen molar-refractivity contribution in [1.29, 1.82) is 0 Å². The van der Waals surface area contributed by atoms with Crippen LogP contribution < -0.4 is 5.48 Å². The Bertz CT molecular complexity index is 711. The van der Waals surface area contributed by atoms with Gasteiger partial charge in [0.05, 0.1) is 5.57 Å². The van der Waals surface area contributed by atoms with Gasteiger partial charge < -0.3 is 15.0 Å². The number of carbonyl (C=O) groups excluding carboxylic acids is 3. The third-order valence-corrected chi connectivity index (χ3v) is 4.39. The minimum Gasteiger partial charge on any atom is -0.503 e. The molecule has 1 aliphatic rings. The lowest BCUT2D eigenvalue weighted by Gasteiger charge is -2.31. The molecule has 1 aromatic rings. The summed E-state index contributed by atoms with van der Waals surface area (Å²) < 4.78 is 0. The second-order valence-corrected chi connectivity index (χ2v) is 6.50. The third kappa shape index (κ3) is 3.48. The predicted octanol–water partition coefficient (Wildman–Crippen LogP) is 1.39. The van der Waals surface area contributed by atoms with E-state index in [2.05, 4.69) is 9.97 Å². The number of unbranched alkanes of at least 4 members (excludes halogenated alkanes) is 1. The van der Waals surface area contributed by atoms with E-state index >= 15 is 0 Å². The van der Waals surface area contributed by atoms with Crippen molar-refractivity contribution in [2.45, 2.75) is 52.1 Å². The highest BCUT2D eigenvalue weighted by Crippen LogP contribution is 2.39. The molecule has 4 N–H and O–H groups in total. The lowest BCUT2D eigenvalue weighted by Crippen LogP contribution is -2.49. The highest BCUT2D eigenvalue weighted by atomic mass is 16.5. The lowest BCUT2D eigenvalue weighted by molar-refractivity contribution is -0.144. The van der Waals surface area contributed by atoms with E-state index in [1.165, 1.54) is 12.4 Å². The average molecular weight is 364 g/mol. The number of hydrogen-bond donors (Lipinski definition) is 4. The second-order valence-electron chi connectivity index (χ2n) is 6.50. The van der Waals surface area contributed by atoms with E-state index in [4.69, 9.17) is 5.21 Å². The maximum atomic E-state index is 12.7. The average Bonchev–Trinajstić information content (AvgIpc) is 3.23. The van der Waals surface area contributed by atoms with Crippen LogP contribution in [0.5, 0.6) is 0 Å². The largest absolute Gasteiger partial charge is 0.503 e. The van der Waals surface area contributed by atoms with Crippen LogP contribution in [-0.4, -0.2) is 48.8 Å². The number of carbonyl (C=O) groups is 3. The number of nitrogens with zero attached hydrogens (tertiary/aromatic N) is 2. The van der Waals surface area contributed by atoms with Crippen LogP contribution in [-0.2, 0) is 14.4 Å². The second kappa shape index (κ2) is 8.13. The summed E-state index contributed by atoms with van der Waals surface area (Å²) in [6.45, 7) is 5.24. The minimum absolute atomic E-state index is 0.0906. The van der Waals surface area contributed by atoms with Gasteiger partial charge in [-0.05, 0) is 6.42 Å². The molecule has 1 aliphatic heterocycles. The molecule has 9 heteroatoms. The zero-order valence-electron chi connectivity index (χ0n) is 15.0. The molecule has 9 nitrogen and oxygen atoms in total. The normalized spacial score (nSPS) is 18.6. The molecule has 0 radical (unpaired) electrons. The van der Waals surface area contributed by atoms with Crippen LogP contribution >= 0.6 is 0 Å². The number of aromatic nitrogens is 2. The zero-order valence-corrected chi connectivity index (χ0v) is 15.0. The first-order chi connectivity index (χ1) is 12.3. The number of aliphatic hydroxyl groups excluding tert-OH is 1. The van der Waals surface area contributed by atoms with Gasteiger partial charge >= 0.3 is 0 Å². The van der Waals surface area contributed by atoms with Crippen LogP contribution in [0.1, 0.15) is 51.9 Å². The smallest absolute Gasteiger partial charge is 0.290 e. The molecule has 2 rings (SSSR count). The fourth-order valence-corrected chi connectivity index (χ4v) is 3.07. The summed E-state index contributed by atoms with van der Waals surface area (Å²) in [7, 11) is 0. The monoisotopic (exact) mass is 364 g/mol. The topological polar surface area (TPSA) is 136 Å². The van der Waals surface area contributed by atoms with Gasteiger partial charge in [-0.2, -0.15) is 0 Å². The van der Waals surface area contributed by atoms with E-state index in [0.717, 1.165) is 11.3 Å². The SMILES string of the molecule is CCCCC(C(=O)NO)N1C(=O)C(O)=C(C(=O)C(C)C)C1c1ncc[nH]1. The van der Waals surface area contributed by atoms with Crippen LogP contribution in [0.2, 0.25) is 0 Å². The molecule has 0 bridgehead atoms. The Balaban J connectivity index is 2.55. The molecule has 1 aromatic heterocycles. The summed E-state index contributed by atoms with van der Waals surface area (Å²) in [5, 5.41) is 19.5. The number of hydrogen-bond acceptors (Lipinski definition) is 6. The highest BCUT2D eigenvalue weighted by Gasteiger charge is 2.49. The van der Waals surface area contributed by atoms with Crippen molar-refractivity contribution in [3.63, 3.8) is 0 Å². The van der Waals surface area contributed by atoms with Crippen molar-refractivity contribution in [3.8, 4) is 0 Å². The zero-order chi connectivity index (χ0) is 19.4. The molecule has 2 atom stereocenters.